The third-order valence-corrected chi connectivity index (χ3v) is 5.50. The van der Waals surface area contributed by atoms with Crippen molar-refractivity contribution in [2.45, 2.75) is 37.3 Å². The zero-order chi connectivity index (χ0) is 18.0. The Balaban J connectivity index is 1.48. The van der Waals surface area contributed by atoms with E-state index < -0.39 is 5.54 Å². The van der Waals surface area contributed by atoms with Crippen LogP contribution in [-0.2, 0) is 4.79 Å². The van der Waals surface area contributed by atoms with Crippen molar-refractivity contribution < 1.29 is 9.59 Å². The first-order chi connectivity index (χ1) is 12.7. The lowest BCUT2D eigenvalue weighted by molar-refractivity contribution is -0.127. The lowest BCUT2D eigenvalue weighted by Gasteiger charge is -2.41. The van der Waals surface area contributed by atoms with E-state index in [1.807, 2.05) is 5.38 Å². The van der Waals surface area contributed by atoms with Gasteiger partial charge in [-0.3, -0.25) is 14.6 Å². The second-order valence-corrected chi connectivity index (χ2v) is 7.57. The predicted molar refractivity (Wildman–Crippen MR) is 96.8 cm³/mol. The highest BCUT2D eigenvalue weighted by Crippen LogP contribution is 2.30. The number of piperidine rings is 1. The molecule has 0 aromatic carbocycles. The highest BCUT2D eigenvalue weighted by molar-refractivity contribution is 7.13. The number of anilines is 1. The van der Waals surface area contributed by atoms with Crippen LogP contribution in [0.25, 0.3) is 0 Å². The summed E-state index contributed by atoms with van der Waals surface area (Å²) in [7, 11) is 0. The van der Waals surface area contributed by atoms with E-state index in [1.54, 1.807) is 11.1 Å². The van der Waals surface area contributed by atoms with E-state index in [1.165, 1.54) is 29.9 Å². The van der Waals surface area contributed by atoms with E-state index in [9.17, 15) is 9.59 Å². The number of carbonyl (C=O) groups excluding carboxylic acids is 2. The molecule has 136 valence electrons. The van der Waals surface area contributed by atoms with Gasteiger partial charge in [-0.25, -0.2) is 9.97 Å². The Labute approximate surface area is 155 Å². The van der Waals surface area contributed by atoms with Crippen molar-refractivity contribution in [2.24, 2.45) is 0 Å². The van der Waals surface area contributed by atoms with Crippen LogP contribution in [0.2, 0.25) is 0 Å². The monoisotopic (exact) mass is 372 g/mol. The summed E-state index contributed by atoms with van der Waals surface area (Å²) < 4.78 is 0. The molecule has 2 amide bonds. The van der Waals surface area contributed by atoms with Crippen LogP contribution < -0.4 is 10.6 Å². The molecular formula is C17H20N6O2S. The molecule has 1 saturated heterocycles. The van der Waals surface area contributed by atoms with Crippen molar-refractivity contribution in [3.63, 3.8) is 0 Å². The van der Waals surface area contributed by atoms with Crippen molar-refractivity contribution in [1.29, 1.82) is 0 Å². The standard InChI is InChI=1S/C17H20N6O2S/c24-14(13-11-18-5-6-19-13)23-8-3-17(4-9-23,15(25)21-12-1-2-12)22-16-20-7-10-26-16/h5-7,10-12H,1-4,8-9H2,(H,20,22)(H,21,25). The van der Waals surface area contributed by atoms with Crippen LogP contribution in [0, 0.1) is 0 Å². The topological polar surface area (TPSA) is 100 Å². The minimum absolute atomic E-state index is 0.00167. The highest BCUT2D eigenvalue weighted by atomic mass is 32.1. The minimum Gasteiger partial charge on any atom is -0.351 e. The van der Waals surface area contributed by atoms with E-state index in [0.717, 1.165) is 18.0 Å². The fraction of sp³-hybridized carbons (Fsp3) is 0.471. The summed E-state index contributed by atoms with van der Waals surface area (Å²) in [4.78, 5) is 39.5. The highest BCUT2D eigenvalue weighted by Gasteiger charge is 2.44. The van der Waals surface area contributed by atoms with Gasteiger partial charge in [0.1, 0.15) is 11.2 Å². The van der Waals surface area contributed by atoms with Gasteiger partial charge in [0.2, 0.25) is 5.91 Å². The van der Waals surface area contributed by atoms with E-state index in [0.29, 0.717) is 31.6 Å². The van der Waals surface area contributed by atoms with Crippen LogP contribution in [0.15, 0.2) is 30.2 Å². The molecule has 3 heterocycles. The van der Waals surface area contributed by atoms with Crippen molar-refractivity contribution >= 4 is 28.3 Å². The van der Waals surface area contributed by atoms with E-state index in [4.69, 9.17) is 0 Å². The van der Waals surface area contributed by atoms with Gasteiger partial charge >= 0.3 is 0 Å². The van der Waals surface area contributed by atoms with Crippen molar-refractivity contribution in [2.75, 3.05) is 18.4 Å². The number of nitrogens with zero attached hydrogens (tertiary/aromatic N) is 4. The van der Waals surface area contributed by atoms with Crippen molar-refractivity contribution in [3.8, 4) is 0 Å². The fourth-order valence-corrected chi connectivity index (χ4v) is 3.74. The molecule has 9 heteroatoms. The molecular weight excluding hydrogens is 352 g/mol. The second-order valence-electron chi connectivity index (χ2n) is 6.67. The Morgan fingerprint density at radius 1 is 1.15 bits per heavy atom. The van der Waals surface area contributed by atoms with Crippen molar-refractivity contribution in [1.82, 2.24) is 25.2 Å². The maximum atomic E-state index is 12.9. The number of amides is 2. The molecule has 4 rings (SSSR count). The molecule has 26 heavy (non-hydrogen) atoms. The summed E-state index contributed by atoms with van der Waals surface area (Å²) >= 11 is 1.47. The average molecular weight is 372 g/mol. The van der Waals surface area contributed by atoms with Gasteiger partial charge in [0.05, 0.1) is 6.20 Å². The lowest BCUT2D eigenvalue weighted by atomic mass is 9.86. The molecule has 1 aliphatic heterocycles. The van der Waals surface area contributed by atoms with Crippen LogP contribution >= 0.6 is 11.3 Å². The van der Waals surface area contributed by atoms with Gasteiger partial charge in [0.25, 0.3) is 5.91 Å². The van der Waals surface area contributed by atoms with Crippen LogP contribution in [0.4, 0.5) is 5.13 Å². The maximum absolute atomic E-state index is 12.9. The largest absolute Gasteiger partial charge is 0.351 e. The molecule has 0 radical (unpaired) electrons. The van der Waals surface area contributed by atoms with Gasteiger partial charge < -0.3 is 15.5 Å². The molecule has 0 spiro atoms. The average Bonchev–Trinajstić information content (AvgIpc) is 3.35. The normalized spacial score (nSPS) is 19.0. The van der Waals surface area contributed by atoms with Gasteiger partial charge in [-0.2, -0.15) is 0 Å². The number of thiazole rings is 1. The summed E-state index contributed by atoms with van der Waals surface area (Å²) in [5, 5.41) is 9.04. The SMILES string of the molecule is O=C(c1cnccn1)N1CCC(Nc2nccs2)(C(=O)NC2CC2)CC1. The van der Waals surface area contributed by atoms with E-state index in [2.05, 4.69) is 25.6 Å². The number of nitrogens with one attached hydrogen (secondary N) is 2. The molecule has 0 atom stereocenters. The quantitative estimate of drug-likeness (QED) is 0.821. The number of aromatic nitrogens is 3. The molecule has 2 aromatic heterocycles. The van der Waals surface area contributed by atoms with E-state index in [-0.39, 0.29) is 17.9 Å². The smallest absolute Gasteiger partial charge is 0.274 e. The molecule has 2 fully saturated rings. The number of likely N-dealkylation sites (tertiary alicyclic amines) is 1. The Morgan fingerprint density at radius 2 is 1.96 bits per heavy atom. The van der Waals surface area contributed by atoms with Gasteiger partial charge in [-0.15, -0.1) is 11.3 Å². The number of hydrogen-bond acceptors (Lipinski definition) is 7. The summed E-state index contributed by atoms with van der Waals surface area (Å²) in [5.74, 6) is -0.148. The minimum atomic E-state index is -0.737. The Kier molecular flexibility index (Phi) is 4.54. The molecule has 2 aromatic rings. The Morgan fingerprint density at radius 3 is 2.58 bits per heavy atom. The van der Waals surface area contributed by atoms with Gasteiger partial charge in [0, 0.05) is 43.1 Å². The molecule has 1 aliphatic carbocycles. The Bertz CT molecular complexity index is 770. The van der Waals surface area contributed by atoms with Crippen LogP contribution in [-0.4, -0.2) is 56.3 Å². The lowest BCUT2D eigenvalue weighted by Crippen LogP contribution is -2.59. The summed E-state index contributed by atoms with van der Waals surface area (Å²) in [6, 6.07) is 0.289. The number of carbonyl (C=O) groups is 2. The van der Waals surface area contributed by atoms with E-state index >= 15 is 0 Å². The van der Waals surface area contributed by atoms with Crippen molar-refractivity contribution in [3.05, 3.63) is 35.9 Å². The number of hydrogen-bond donors (Lipinski definition) is 2. The number of rotatable bonds is 5. The Hall–Kier alpha value is -2.55. The summed E-state index contributed by atoms with van der Waals surface area (Å²) in [6.45, 7) is 0.956. The molecule has 2 N–H and O–H groups in total. The first-order valence-corrected chi connectivity index (χ1v) is 9.58. The summed E-state index contributed by atoms with van der Waals surface area (Å²) in [5.41, 5.74) is -0.408. The third kappa shape index (κ3) is 3.52. The predicted octanol–water partition coefficient (Wildman–Crippen LogP) is 1.30. The van der Waals surface area contributed by atoms with Gasteiger partial charge in [-0.05, 0) is 25.7 Å². The fourth-order valence-electron chi connectivity index (χ4n) is 3.11. The van der Waals surface area contributed by atoms with Crippen LogP contribution in [0.5, 0.6) is 0 Å². The zero-order valence-corrected chi connectivity index (χ0v) is 15.0. The second kappa shape index (κ2) is 6.99. The molecule has 0 unspecified atom stereocenters. The molecule has 8 nitrogen and oxygen atoms in total. The molecule has 2 aliphatic rings. The maximum Gasteiger partial charge on any atom is 0.274 e. The zero-order valence-electron chi connectivity index (χ0n) is 14.2. The van der Waals surface area contributed by atoms with Gasteiger partial charge in [0.15, 0.2) is 5.13 Å². The van der Waals surface area contributed by atoms with Gasteiger partial charge in [-0.1, -0.05) is 0 Å². The first-order valence-electron chi connectivity index (χ1n) is 8.70. The van der Waals surface area contributed by atoms with Crippen LogP contribution in [0.1, 0.15) is 36.2 Å². The summed E-state index contributed by atoms with van der Waals surface area (Å²) in [6.07, 6.45) is 9.36. The van der Waals surface area contributed by atoms with Crippen LogP contribution in [0.3, 0.4) is 0 Å². The first kappa shape index (κ1) is 16.9. The molecule has 0 bridgehead atoms. The molecule has 1 saturated carbocycles. The third-order valence-electron chi connectivity index (χ3n) is 4.81.